The average molecular weight is 281 g/mol. The first kappa shape index (κ1) is 13.3. The van der Waals surface area contributed by atoms with Crippen molar-refractivity contribution in [3.05, 3.63) is 21.3 Å². The molecule has 1 aromatic rings. The fraction of sp³-hybridized carbons (Fsp3) is 0.333. The van der Waals surface area contributed by atoms with Crippen molar-refractivity contribution >= 4 is 46.5 Å². The normalized spacial score (nSPS) is 9.88. The van der Waals surface area contributed by atoms with Gasteiger partial charge in [-0.2, -0.15) is 0 Å². The zero-order valence-electron chi connectivity index (χ0n) is 8.26. The van der Waals surface area contributed by atoms with E-state index in [-0.39, 0.29) is 5.88 Å². The zero-order valence-corrected chi connectivity index (χ0v) is 10.6. The Morgan fingerprint density at radius 3 is 2.69 bits per heavy atom. The van der Waals surface area contributed by atoms with Gasteiger partial charge in [0.25, 0.3) is 0 Å². The van der Waals surface area contributed by atoms with Crippen molar-refractivity contribution in [2.45, 2.75) is 6.42 Å². The van der Waals surface area contributed by atoms with E-state index in [2.05, 4.69) is 10.6 Å². The first-order valence-corrected chi connectivity index (χ1v) is 6.22. The lowest BCUT2D eigenvalue weighted by molar-refractivity contribution is -0.117. The van der Waals surface area contributed by atoms with Crippen LogP contribution in [0.1, 0.15) is 4.88 Å². The van der Waals surface area contributed by atoms with E-state index in [1.165, 1.54) is 11.3 Å². The maximum atomic E-state index is 11.1. The number of alkyl halides is 1. The monoisotopic (exact) mass is 280 g/mol. The van der Waals surface area contributed by atoms with Crippen molar-refractivity contribution in [2.75, 3.05) is 12.4 Å². The molecule has 3 amide bonds. The highest BCUT2D eigenvalue weighted by atomic mass is 35.5. The van der Waals surface area contributed by atoms with E-state index in [0.29, 0.717) is 13.0 Å². The van der Waals surface area contributed by atoms with E-state index in [9.17, 15) is 9.59 Å². The molecule has 7 heteroatoms. The Morgan fingerprint density at radius 2 is 2.12 bits per heavy atom. The molecule has 0 atom stereocenters. The summed E-state index contributed by atoms with van der Waals surface area (Å²) in [5.74, 6) is -0.744. The van der Waals surface area contributed by atoms with Gasteiger partial charge in [0, 0.05) is 11.4 Å². The molecular formula is C9H10Cl2N2O2S. The minimum Gasteiger partial charge on any atom is -0.337 e. The highest BCUT2D eigenvalue weighted by Crippen LogP contribution is 2.21. The molecule has 0 fully saturated rings. The summed E-state index contributed by atoms with van der Waals surface area (Å²) < 4.78 is 0.719. The Hall–Kier alpha value is -0.780. The Bertz CT molecular complexity index is 381. The topological polar surface area (TPSA) is 58.2 Å². The van der Waals surface area contributed by atoms with Crippen LogP contribution in [0.5, 0.6) is 0 Å². The second-order valence-electron chi connectivity index (χ2n) is 2.89. The number of urea groups is 1. The van der Waals surface area contributed by atoms with E-state index in [1.54, 1.807) is 6.07 Å². The van der Waals surface area contributed by atoms with Crippen LogP contribution in [0.25, 0.3) is 0 Å². The second kappa shape index (κ2) is 6.73. The molecule has 0 aromatic carbocycles. The molecule has 0 aliphatic rings. The molecule has 1 heterocycles. The van der Waals surface area contributed by atoms with Gasteiger partial charge in [-0.25, -0.2) is 4.79 Å². The molecule has 16 heavy (non-hydrogen) atoms. The van der Waals surface area contributed by atoms with E-state index < -0.39 is 11.9 Å². The quantitative estimate of drug-likeness (QED) is 0.829. The van der Waals surface area contributed by atoms with Gasteiger partial charge in [0.1, 0.15) is 5.88 Å². The minimum atomic E-state index is -0.534. The van der Waals surface area contributed by atoms with Crippen molar-refractivity contribution in [1.82, 2.24) is 10.6 Å². The Labute approximate surface area is 107 Å². The van der Waals surface area contributed by atoms with Crippen molar-refractivity contribution in [3.63, 3.8) is 0 Å². The van der Waals surface area contributed by atoms with Gasteiger partial charge in [0.05, 0.1) is 4.34 Å². The van der Waals surface area contributed by atoms with E-state index in [0.717, 1.165) is 9.21 Å². The molecule has 0 radical (unpaired) electrons. The molecule has 88 valence electrons. The second-order valence-corrected chi connectivity index (χ2v) is 4.96. The van der Waals surface area contributed by atoms with Crippen LogP contribution in [0.4, 0.5) is 4.79 Å². The number of rotatable bonds is 4. The summed E-state index contributed by atoms with van der Waals surface area (Å²) in [4.78, 5) is 22.9. The molecule has 4 nitrogen and oxygen atoms in total. The first-order valence-electron chi connectivity index (χ1n) is 4.49. The summed E-state index contributed by atoms with van der Waals surface area (Å²) >= 11 is 12.4. The van der Waals surface area contributed by atoms with Crippen LogP contribution >= 0.6 is 34.5 Å². The predicted octanol–water partition coefficient (Wildman–Crippen LogP) is 2.01. The standard InChI is InChI=1S/C9H10Cl2N2O2S/c10-5-8(14)13-9(15)12-4-3-6-1-2-7(11)16-6/h1-2H,3-5H2,(H2,12,13,14,15). The molecular weight excluding hydrogens is 271 g/mol. The number of halogens is 2. The molecule has 0 unspecified atom stereocenters. The minimum absolute atomic E-state index is 0.228. The molecule has 0 spiro atoms. The number of carbonyl (C=O) groups is 2. The summed E-state index contributed by atoms with van der Waals surface area (Å²) in [6.07, 6.45) is 0.680. The highest BCUT2D eigenvalue weighted by Gasteiger charge is 2.05. The lowest BCUT2D eigenvalue weighted by Crippen LogP contribution is -2.40. The number of amides is 3. The third-order valence-electron chi connectivity index (χ3n) is 1.66. The molecule has 1 rings (SSSR count). The third-order valence-corrected chi connectivity index (χ3v) is 3.19. The van der Waals surface area contributed by atoms with Crippen LogP contribution in [0.15, 0.2) is 12.1 Å². The predicted molar refractivity (Wildman–Crippen MR) is 65.3 cm³/mol. The van der Waals surface area contributed by atoms with Gasteiger partial charge in [-0.05, 0) is 18.6 Å². The molecule has 0 aliphatic carbocycles. The Balaban J connectivity index is 2.20. The van der Waals surface area contributed by atoms with Gasteiger partial charge in [-0.15, -0.1) is 22.9 Å². The number of hydrogen-bond acceptors (Lipinski definition) is 3. The number of imide groups is 1. The molecule has 0 saturated carbocycles. The first-order chi connectivity index (χ1) is 7.61. The summed E-state index contributed by atoms with van der Waals surface area (Å²) in [6, 6.07) is 3.17. The summed E-state index contributed by atoms with van der Waals surface area (Å²) in [5.41, 5.74) is 0. The molecule has 1 aromatic heterocycles. The van der Waals surface area contributed by atoms with E-state index in [1.807, 2.05) is 6.07 Å². The van der Waals surface area contributed by atoms with Gasteiger partial charge in [-0.1, -0.05) is 11.6 Å². The number of thiophene rings is 1. The van der Waals surface area contributed by atoms with Gasteiger partial charge >= 0.3 is 6.03 Å². The van der Waals surface area contributed by atoms with Gasteiger partial charge in [-0.3, -0.25) is 10.1 Å². The van der Waals surface area contributed by atoms with Crippen LogP contribution in [0.3, 0.4) is 0 Å². The number of carbonyl (C=O) groups excluding carboxylic acids is 2. The zero-order chi connectivity index (χ0) is 12.0. The fourth-order valence-corrected chi connectivity index (χ4v) is 2.14. The lowest BCUT2D eigenvalue weighted by atomic mass is 10.3. The SMILES string of the molecule is O=C(CCl)NC(=O)NCCc1ccc(Cl)s1. The van der Waals surface area contributed by atoms with E-state index >= 15 is 0 Å². The summed E-state index contributed by atoms with van der Waals surface area (Å²) in [6.45, 7) is 0.443. The van der Waals surface area contributed by atoms with Crippen LogP contribution in [-0.4, -0.2) is 24.4 Å². The van der Waals surface area contributed by atoms with Crippen molar-refractivity contribution in [1.29, 1.82) is 0 Å². The maximum absolute atomic E-state index is 11.1. The smallest absolute Gasteiger partial charge is 0.321 e. The molecule has 0 bridgehead atoms. The van der Waals surface area contributed by atoms with Crippen molar-refractivity contribution in [3.8, 4) is 0 Å². The maximum Gasteiger partial charge on any atom is 0.321 e. The van der Waals surface area contributed by atoms with Crippen LogP contribution < -0.4 is 10.6 Å². The lowest BCUT2D eigenvalue weighted by Gasteiger charge is -2.04. The Kier molecular flexibility index (Phi) is 5.59. The summed E-state index contributed by atoms with van der Waals surface area (Å²) in [7, 11) is 0. The average Bonchev–Trinajstić information content (AvgIpc) is 2.64. The van der Waals surface area contributed by atoms with Crippen LogP contribution in [0, 0.1) is 0 Å². The highest BCUT2D eigenvalue weighted by molar-refractivity contribution is 7.16. The molecule has 0 saturated heterocycles. The molecule has 2 N–H and O–H groups in total. The van der Waals surface area contributed by atoms with Crippen molar-refractivity contribution in [2.24, 2.45) is 0 Å². The molecule has 0 aliphatic heterocycles. The van der Waals surface area contributed by atoms with Crippen LogP contribution in [0.2, 0.25) is 4.34 Å². The third kappa shape index (κ3) is 4.83. The van der Waals surface area contributed by atoms with Gasteiger partial charge < -0.3 is 5.32 Å². The van der Waals surface area contributed by atoms with Crippen molar-refractivity contribution < 1.29 is 9.59 Å². The fourth-order valence-electron chi connectivity index (χ4n) is 0.990. The largest absolute Gasteiger partial charge is 0.337 e. The van der Waals surface area contributed by atoms with Gasteiger partial charge in [0.15, 0.2) is 0 Å². The summed E-state index contributed by atoms with van der Waals surface area (Å²) in [5, 5.41) is 4.62. The van der Waals surface area contributed by atoms with E-state index in [4.69, 9.17) is 23.2 Å². The van der Waals surface area contributed by atoms with Crippen LogP contribution in [-0.2, 0) is 11.2 Å². The number of hydrogen-bond donors (Lipinski definition) is 2. The number of nitrogens with one attached hydrogen (secondary N) is 2. The Morgan fingerprint density at radius 1 is 1.38 bits per heavy atom. The van der Waals surface area contributed by atoms with Gasteiger partial charge in [0.2, 0.25) is 5.91 Å².